The van der Waals surface area contributed by atoms with E-state index in [4.69, 9.17) is 4.98 Å². The lowest BCUT2D eigenvalue weighted by Gasteiger charge is -2.32. The number of nitrogens with zero attached hydrogens (tertiary/aromatic N) is 5. The first-order valence-corrected chi connectivity index (χ1v) is 11.5. The lowest BCUT2D eigenvalue weighted by molar-refractivity contribution is 0.194. The van der Waals surface area contributed by atoms with Gasteiger partial charge in [-0.05, 0) is 42.1 Å². The molecule has 3 aromatic heterocycles. The number of benzene rings is 1. The second-order valence-electron chi connectivity index (χ2n) is 8.66. The minimum atomic E-state index is -0.994. The van der Waals surface area contributed by atoms with Crippen LogP contribution in [0.15, 0.2) is 55.0 Å². The number of halogens is 2. The Bertz CT molecular complexity index is 1360. The SMILES string of the molecule is Bc1cnn2c(NCc3cccnc3)cc(C3CCN(C(=O)Nc4ccc(F)c(F)c4)CC3)nc12. The maximum atomic E-state index is 13.4. The van der Waals surface area contributed by atoms with Gasteiger partial charge in [0.1, 0.15) is 13.7 Å². The monoisotopic (exact) mass is 475 g/mol. The van der Waals surface area contributed by atoms with Crippen LogP contribution >= 0.6 is 0 Å². The fraction of sp³-hybridized carbons (Fsp3) is 0.250. The van der Waals surface area contributed by atoms with E-state index in [1.807, 2.05) is 32.2 Å². The molecule has 2 amide bonds. The van der Waals surface area contributed by atoms with Gasteiger partial charge in [-0.1, -0.05) is 6.07 Å². The van der Waals surface area contributed by atoms with Crippen molar-refractivity contribution < 1.29 is 13.6 Å². The zero-order valence-electron chi connectivity index (χ0n) is 19.2. The molecule has 5 rings (SSSR count). The molecule has 1 aliphatic heterocycles. The van der Waals surface area contributed by atoms with Crippen LogP contribution in [-0.2, 0) is 6.54 Å². The maximum Gasteiger partial charge on any atom is 0.321 e. The van der Waals surface area contributed by atoms with Crippen molar-refractivity contribution in [2.75, 3.05) is 23.7 Å². The van der Waals surface area contributed by atoms with Crippen LogP contribution in [0.2, 0.25) is 0 Å². The molecule has 1 saturated heterocycles. The molecule has 0 spiro atoms. The fourth-order valence-electron chi connectivity index (χ4n) is 4.28. The Morgan fingerprint density at radius 2 is 1.94 bits per heavy atom. The van der Waals surface area contributed by atoms with E-state index in [1.165, 1.54) is 6.07 Å². The molecule has 0 aliphatic carbocycles. The predicted octanol–water partition coefficient (Wildman–Crippen LogP) is 2.68. The summed E-state index contributed by atoms with van der Waals surface area (Å²) in [5, 5.41) is 10.6. The Balaban J connectivity index is 1.28. The number of fused-ring (bicyclic) bond motifs is 1. The van der Waals surface area contributed by atoms with Gasteiger partial charge in [-0.25, -0.2) is 18.6 Å². The van der Waals surface area contributed by atoms with E-state index in [-0.39, 0.29) is 17.6 Å². The molecular weight excluding hydrogens is 451 g/mol. The van der Waals surface area contributed by atoms with E-state index >= 15 is 0 Å². The normalized spacial score (nSPS) is 14.3. The van der Waals surface area contributed by atoms with Gasteiger partial charge in [0.15, 0.2) is 17.3 Å². The zero-order valence-corrected chi connectivity index (χ0v) is 19.2. The van der Waals surface area contributed by atoms with Crippen LogP contribution in [0.1, 0.15) is 30.0 Å². The zero-order chi connectivity index (χ0) is 24.4. The molecular formula is C24H24BF2N7O. The number of anilines is 2. The molecule has 1 aromatic carbocycles. The number of carbonyl (C=O) groups excluding carboxylic acids is 1. The molecule has 0 radical (unpaired) electrons. The van der Waals surface area contributed by atoms with Gasteiger partial charge in [0.2, 0.25) is 0 Å². The van der Waals surface area contributed by atoms with Crippen LogP contribution in [0.4, 0.5) is 25.1 Å². The Labute approximate surface area is 201 Å². The van der Waals surface area contributed by atoms with Gasteiger partial charge in [-0.3, -0.25) is 4.98 Å². The van der Waals surface area contributed by atoms with Crippen LogP contribution in [0.5, 0.6) is 0 Å². The average molecular weight is 475 g/mol. The molecule has 11 heteroatoms. The number of aromatic nitrogens is 4. The molecule has 35 heavy (non-hydrogen) atoms. The third-order valence-corrected chi connectivity index (χ3v) is 6.24. The number of rotatable bonds is 5. The molecule has 0 bridgehead atoms. The number of piperidine rings is 1. The smallest absolute Gasteiger partial charge is 0.321 e. The maximum absolute atomic E-state index is 13.4. The standard InChI is InChI=1S/C24H24BF2N7O/c25-18-14-30-34-22(29-13-15-2-1-7-28-12-15)11-21(32-23(18)34)16-5-8-33(9-6-16)24(35)31-17-3-4-19(26)20(27)10-17/h1-4,7,10-12,14,16,29H,5-6,8-9,13,25H2,(H,31,35). The molecule has 0 unspecified atom stereocenters. The summed E-state index contributed by atoms with van der Waals surface area (Å²) in [6.45, 7) is 1.67. The van der Waals surface area contributed by atoms with Gasteiger partial charge in [-0.2, -0.15) is 9.61 Å². The molecule has 4 heterocycles. The predicted molar refractivity (Wildman–Crippen MR) is 132 cm³/mol. The first-order chi connectivity index (χ1) is 17.0. The molecule has 0 atom stereocenters. The summed E-state index contributed by atoms with van der Waals surface area (Å²) in [6, 6.07) is 8.93. The second-order valence-corrected chi connectivity index (χ2v) is 8.66. The van der Waals surface area contributed by atoms with E-state index in [0.717, 1.165) is 53.2 Å². The Hall–Kier alpha value is -4.02. The van der Waals surface area contributed by atoms with Gasteiger partial charge < -0.3 is 15.5 Å². The highest BCUT2D eigenvalue weighted by Gasteiger charge is 2.26. The minimum Gasteiger partial charge on any atom is -0.366 e. The van der Waals surface area contributed by atoms with Crippen molar-refractivity contribution in [1.82, 2.24) is 24.5 Å². The van der Waals surface area contributed by atoms with Crippen molar-refractivity contribution in [2.45, 2.75) is 25.3 Å². The summed E-state index contributed by atoms with van der Waals surface area (Å²) in [5.41, 5.74) is 4.02. The number of likely N-dealkylation sites (tertiary alicyclic amines) is 1. The summed E-state index contributed by atoms with van der Waals surface area (Å²) < 4.78 is 28.4. The van der Waals surface area contributed by atoms with Crippen molar-refractivity contribution in [3.63, 3.8) is 0 Å². The molecule has 2 N–H and O–H groups in total. The highest BCUT2D eigenvalue weighted by molar-refractivity contribution is 6.36. The molecule has 178 valence electrons. The Morgan fingerprint density at radius 1 is 1.11 bits per heavy atom. The van der Waals surface area contributed by atoms with Crippen LogP contribution < -0.4 is 16.1 Å². The Kier molecular flexibility index (Phi) is 6.30. The van der Waals surface area contributed by atoms with Crippen molar-refractivity contribution in [2.24, 2.45) is 0 Å². The molecule has 1 aliphatic rings. The number of hydrogen-bond acceptors (Lipinski definition) is 5. The molecule has 1 fully saturated rings. The van der Waals surface area contributed by atoms with Crippen molar-refractivity contribution >= 4 is 36.5 Å². The number of nitrogens with one attached hydrogen (secondary N) is 2. The first kappa shape index (κ1) is 22.8. The summed E-state index contributed by atoms with van der Waals surface area (Å²) in [6.07, 6.45) is 6.84. The molecule has 4 aromatic rings. The lowest BCUT2D eigenvalue weighted by atomic mass is 9.93. The average Bonchev–Trinajstić information content (AvgIpc) is 3.26. The van der Waals surface area contributed by atoms with Crippen molar-refractivity contribution in [1.29, 1.82) is 0 Å². The van der Waals surface area contributed by atoms with E-state index in [2.05, 4.69) is 20.7 Å². The quantitative estimate of drug-likeness (QED) is 0.434. The molecule has 8 nitrogen and oxygen atoms in total. The highest BCUT2D eigenvalue weighted by atomic mass is 19.2. The van der Waals surface area contributed by atoms with Crippen LogP contribution in [0.3, 0.4) is 0 Å². The topological polar surface area (TPSA) is 87.5 Å². The van der Waals surface area contributed by atoms with Crippen molar-refractivity contribution in [3.05, 3.63) is 77.9 Å². The van der Waals surface area contributed by atoms with E-state index in [9.17, 15) is 13.6 Å². The van der Waals surface area contributed by atoms with Crippen LogP contribution in [0, 0.1) is 11.6 Å². The third kappa shape index (κ3) is 4.93. The van der Waals surface area contributed by atoms with E-state index < -0.39 is 11.6 Å². The van der Waals surface area contributed by atoms with E-state index in [0.29, 0.717) is 19.6 Å². The van der Waals surface area contributed by atoms with Gasteiger partial charge in [0, 0.05) is 67.7 Å². The highest BCUT2D eigenvalue weighted by Crippen LogP contribution is 2.29. The Morgan fingerprint density at radius 3 is 2.69 bits per heavy atom. The third-order valence-electron chi connectivity index (χ3n) is 6.24. The van der Waals surface area contributed by atoms with E-state index in [1.54, 1.807) is 21.8 Å². The van der Waals surface area contributed by atoms with Gasteiger partial charge >= 0.3 is 6.03 Å². The van der Waals surface area contributed by atoms with Gasteiger partial charge in [-0.15, -0.1) is 0 Å². The largest absolute Gasteiger partial charge is 0.366 e. The summed E-state index contributed by atoms with van der Waals surface area (Å²) in [4.78, 5) is 23.3. The summed E-state index contributed by atoms with van der Waals surface area (Å²) in [5.74, 6) is -0.914. The van der Waals surface area contributed by atoms with Crippen molar-refractivity contribution in [3.8, 4) is 0 Å². The lowest BCUT2D eigenvalue weighted by Crippen LogP contribution is -2.40. The first-order valence-electron chi connectivity index (χ1n) is 11.5. The number of hydrogen-bond donors (Lipinski definition) is 2. The minimum absolute atomic E-state index is 0.181. The number of amides is 2. The van der Waals surface area contributed by atoms with Gasteiger partial charge in [0.05, 0.1) is 0 Å². The fourth-order valence-corrected chi connectivity index (χ4v) is 4.28. The van der Waals surface area contributed by atoms with Crippen LogP contribution in [-0.4, -0.2) is 51.4 Å². The molecule has 0 saturated carbocycles. The summed E-state index contributed by atoms with van der Waals surface area (Å²) >= 11 is 0. The van der Waals surface area contributed by atoms with Crippen LogP contribution in [0.25, 0.3) is 5.65 Å². The number of pyridine rings is 1. The summed E-state index contributed by atoms with van der Waals surface area (Å²) in [7, 11) is 1.98. The van der Waals surface area contributed by atoms with Gasteiger partial charge in [0.25, 0.3) is 0 Å². The number of urea groups is 1. The second kappa shape index (κ2) is 9.69. The number of carbonyl (C=O) groups is 1.